The summed E-state index contributed by atoms with van der Waals surface area (Å²) in [4.78, 5) is 36.4. The number of carbonyl (C=O) groups excluding carboxylic acids is 2. The van der Waals surface area contributed by atoms with E-state index in [1.54, 1.807) is 6.07 Å². The fraction of sp³-hybridized carbons (Fsp3) is 0.190. The van der Waals surface area contributed by atoms with Crippen LogP contribution in [0.5, 0.6) is 5.75 Å². The number of amides is 2. The zero-order valence-electron chi connectivity index (χ0n) is 16.5. The van der Waals surface area contributed by atoms with Crippen molar-refractivity contribution in [1.29, 1.82) is 0 Å². The molecule has 1 aliphatic heterocycles. The zero-order valence-corrected chi connectivity index (χ0v) is 16.5. The second kappa shape index (κ2) is 8.27. The van der Waals surface area contributed by atoms with E-state index in [0.717, 1.165) is 16.9 Å². The van der Waals surface area contributed by atoms with Crippen LogP contribution in [0.25, 0.3) is 11.3 Å². The van der Waals surface area contributed by atoms with Crippen molar-refractivity contribution in [2.24, 2.45) is 0 Å². The molecule has 1 aromatic heterocycles. The molecular weight excluding hydrogens is 404 g/mol. The Bertz CT molecular complexity index is 1150. The number of aromatic nitrogens is 1. The lowest BCUT2D eigenvalue weighted by atomic mass is 10.1. The zero-order chi connectivity index (χ0) is 22.0. The van der Waals surface area contributed by atoms with E-state index in [-0.39, 0.29) is 36.2 Å². The molecule has 2 amide bonds. The first-order valence-corrected chi connectivity index (χ1v) is 9.52. The lowest BCUT2D eigenvalue weighted by molar-refractivity contribution is -0.384. The van der Waals surface area contributed by atoms with Crippen molar-refractivity contribution in [3.63, 3.8) is 0 Å². The van der Waals surface area contributed by atoms with Crippen LogP contribution in [-0.2, 0) is 16.0 Å². The average Bonchev–Trinajstić information content (AvgIpc) is 3.23. The third kappa shape index (κ3) is 4.22. The SMILES string of the molecule is CCc1ccc(-c2cc(NC(=O)CN3C(=O)COc4ccc([N+](=O)[O-])cc43)on2)cc1. The van der Waals surface area contributed by atoms with Gasteiger partial charge in [0.25, 0.3) is 11.6 Å². The summed E-state index contributed by atoms with van der Waals surface area (Å²) in [7, 11) is 0. The third-order valence-corrected chi connectivity index (χ3v) is 4.83. The Labute approximate surface area is 176 Å². The molecule has 0 fully saturated rings. The molecule has 31 heavy (non-hydrogen) atoms. The average molecular weight is 422 g/mol. The van der Waals surface area contributed by atoms with Crippen molar-refractivity contribution in [2.75, 3.05) is 23.4 Å². The van der Waals surface area contributed by atoms with Crippen LogP contribution >= 0.6 is 0 Å². The van der Waals surface area contributed by atoms with Gasteiger partial charge in [-0.3, -0.25) is 29.9 Å². The fourth-order valence-corrected chi connectivity index (χ4v) is 3.18. The van der Waals surface area contributed by atoms with E-state index in [4.69, 9.17) is 9.26 Å². The molecular formula is C21H18N4O6. The van der Waals surface area contributed by atoms with Crippen molar-refractivity contribution in [2.45, 2.75) is 13.3 Å². The van der Waals surface area contributed by atoms with Crippen molar-refractivity contribution < 1.29 is 23.8 Å². The van der Waals surface area contributed by atoms with Crippen molar-refractivity contribution >= 4 is 29.1 Å². The number of hydrogen-bond donors (Lipinski definition) is 1. The van der Waals surface area contributed by atoms with Crippen molar-refractivity contribution in [3.8, 4) is 17.0 Å². The van der Waals surface area contributed by atoms with Gasteiger partial charge in [-0.15, -0.1) is 0 Å². The molecule has 158 valence electrons. The summed E-state index contributed by atoms with van der Waals surface area (Å²) < 4.78 is 10.5. The number of fused-ring (bicyclic) bond motifs is 1. The Morgan fingerprint density at radius 2 is 2.00 bits per heavy atom. The molecule has 1 N–H and O–H groups in total. The van der Waals surface area contributed by atoms with Gasteiger partial charge in [0.1, 0.15) is 18.0 Å². The van der Waals surface area contributed by atoms with E-state index in [1.807, 2.05) is 24.3 Å². The highest BCUT2D eigenvalue weighted by Gasteiger charge is 2.29. The minimum atomic E-state index is -0.583. The van der Waals surface area contributed by atoms with Gasteiger partial charge in [0, 0.05) is 23.8 Å². The van der Waals surface area contributed by atoms with Gasteiger partial charge >= 0.3 is 0 Å². The smallest absolute Gasteiger partial charge is 0.271 e. The second-order valence-electron chi connectivity index (χ2n) is 6.85. The molecule has 4 rings (SSSR count). The number of nitrogens with one attached hydrogen (secondary N) is 1. The predicted octanol–water partition coefficient (Wildman–Crippen LogP) is 3.18. The maximum Gasteiger partial charge on any atom is 0.271 e. The first-order valence-electron chi connectivity index (χ1n) is 9.52. The van der Waals surface area contributed by atoms with E-state index in [2.05, 4.69) is 17.4 Å². The summed E-state index contributed by atoms with van der Waals surface area (Å²) in [5, 5.41) is 17.6. The van der Waals surface area contributed by atoms with Gasteiger partial charge in [0.15, 0.2) is 6.61 Å². The maximum atomic E-state index is 12.5. The topological polar surface area (TPSA) is 128 Å². The van der Waals surface area contributed by atoms with Crippen LogP contribution in [0.15, 0.2) is 53.1 Å². The van der Waals surface area contributed by atoms with E-state index >= 15 is 0 Å². The number of aryl methyl sites for hydroxylation is 1. The Balaban J connectivity index is 1.48. The highest BCUT2D eigenvalue weighted by Crippen LogP contribution is 2.35. The van der Waals surface area contributed by atoms with Crippen LogP contribution in [0.1, 0.15) is 12.5 Å². The monoisotopic (exact) mass is 422 g/mol. The van der Waals surface area contributed by atoms with Gasteiger partial charge in [-0.25, -0.2) is 0 Å². The van der Waals surface area contributed by atoms with Crippen molar-refractivity contribution in [3.05, 3.63) is 64.2 Å². The number of rotatable bonds is 6. The summed E-state index contributed by atoms with van der Waals surface area (Å²) in [6, 6.07) is 13.3. The lowest BCUT2D eigenvalue weighted by Crippen LogP contribution is -2.43. The van der Waals surface area contributed by atoms with Crippen LogP contribution in [0.4, 0.5) is 17.3 Å². The minimum absolute atomic E-state index is 0.125. The first kappa shape index (κ1) is 20.1. The molecule has 10 nitrogen and oxygen atoms in total. The number of nitro benzene ring substituents is 1. The molecule has 0 unspecified atom stereocenters. The summed E-state index contributed by atoms with van der Waals surface area (Å²) in [6.45, 7) is 1.43. The Hall–Kier alpha value is -4.21. The number of benzene rings is 2. The summed E-state index contributed by atoms with van der Waals surface area (Å²) in [5.41, 5.74) is 2.54. The lowest BCUT2D eigenvalue weighted by Gasteiger charge is -2.28. The molecule has 2 aromatic carbocycles. The summed E-state index contributed by atoms with van der Waals surface area (Å²) >= 11 is 0. The molecule has 0 spiro atoms. The van der Waals surface area contributed by atoms with Gasteiger partial charge in [0.2, 0.25) is 11.8 Å². The van der Waals surface area contributed by atoms with Crippen LogP contribution in [0.3, 0.4) is 0 Å². The Morgan fingerprint density at radius 1 is 1.23 bits per heavy atom. The van der Waals surface area contributed by atoms with Crippen LogP contribution in [-0.4, -0.2) is 35.0 Å². The standard InChI is InChI=1S/C21H18N4O6/c1-2-13-3-5-14(6-4-13)16-10-20(31-23-16)22-19(26)11-24-17-9-15(25(28)29)7-8-18(17)30-12-21(24)27/h3-10H,2,11-12H2,1H3,(H,22,26). The van der Waals surface area contributed by atoms with Crippen molar-refractivity contribution in [1.82, 2.24) is 5.16 Å². The van der Waals surface area contributed by atoms with E-state index < -0.39 is 16.7 Å². The molecule has 10 heteroatoms. The molecule has 2 heterocycles. The van der Waals surface area contributed by atoms with Gasteiger partial charge in [0.05, 0.1) is 10.6 Å². The van der Waals surface area contributed by atoms with Gasteiger partial charge in [-0.1, -0.05) is 36.3 Å². The number of nitrogens with zero attached hydrogens (tertiary/aromatic N) is 3. The Morgan fingerprint density at radius 3 is 2.71 bits per heavy atom. The number of ether oxygens (including phenoxy) is 1. The third-order valence-electron chi connectivity index (χ3n) is 4.83. The normalized spacial score (nSPS) is 12.8. The second-order valence-corrected chi connectivity index (χ2v) is 6.85. The van der Waals surface area contributed by atoms with E-state index in [1.165, 1.54) is 23.8 Å². The summed E-state index contributed by atoms with van der Waals surface area (Å²) in [6.07, 6.45) is 0.924. The van der Waals surface area contributed by atoms with Crippen LogP contribution in [0, 0.1) is 10.1 Å². The number of hydrogen-bond acceptors (Lipinski definition) is 7. The van der Waals surface area contributed by atoms with Crippen LogP contribution < -0.4 is 15.0 Å². The highest BCUT2D eigenvalue weighted by molar-refractivity contribution is 6.05. The molecule has 0 saturated heterocycles. The molecule has 0 saturated carbocycles. The van der Waals surface area contributed by atoms with Gasteiger partial charge in [-0.05, 0) is 18.1 Å². The molecule has 0 radical (unpaired) electrons. The largest absolute Gasteiger partial charge is 0.482 e. The molecule has 0 atom stereocenters. The molecule has 0 bridgehead atoms. The predicted molar refractivity (Wildman–Crippen MR) is 111 cm³/mol. The van der Waals surface area contributed by atoms with E-state index in [9.17, 15) is 19.7 Å². The summed E-state index contributed by atoms with van der Waals surface area (Å²) in [5.74, 6) is -0.621. The fourth-order valence-electron chi connectivity index (χ4n) is 3.18. The van der Waals surface area contributed by atoms with Gasteiger partial charge < -0.3 is 9.26 Å². The molecule has 0 aliphatic carbocycles. The minimum Gasteiger partial charge on any atom is -0.482 e. The molecule has 1 aliphatic rings. The number of non-ortho nitro benzene ring substituents is 1. The number of carbonyl (C=O) groups is 2. The highest BCUT2D eigenvalue weighted by atomic mass is 16.6. The number of anilines is 2. The quantitative estimate of drug-likeness (QED) is 0.477. The first-order chi connectivity index (χ1) is 14.9. The maximum absolute atomic E-state index is 12.5. The van der Waals surface area contributed by atoms with E-state index in [0.29, 0.717) is 5.69 Å². The molecule has 3 aromatic rings. The Kier molecular flexibility index (Phi) is 5.35. The number of nitro groups is 1. The van der Waals surface area contributed by atoms with Crippen LogP contribution in [0.2, 0.25) is 0 Å². The van der Waals surface area contributed by atoms with Gasteiger partial charge in [-0.2, -0.15) is 0 Å².